The van der Waals surface area contributed by atoms with Crippen molar-refractivity contribution in [3.05, 3.63) is 27.1 Å². The summed E-state index contributed by atoms with van der Waals surface area (Å²) in [5.74, 6) is -0.769. The Bertz CT molecular complexity index is 311. The highest BCUT2D eigenvalue weighted by molar-refractivity contribution is 14.1. The van der Waals surface area contributed by atoms with Crippen LogP contribution in [0.5, 0.6) is 0 Å². The fourth-order valence-corrected chi connectivity index (χ4v) is 1.81. The van der Waals surface area contributed by atoms with Crippen LogP contribution in [0.15, 0.2) is 12.1 Å². The van der Waals surface area contributed by atoms with Crippen molar-refractivity contribution in [2.45, 2.75) is 6.18 Å². The zero-order valence-electron chi connectivity index (χ0n) is 6.12. The predicted molar refractivity (Wildman–Crippen MR) is 48.5 cm³/mol. The largest absolute Gasteiger partial charge is 0.419 e. The van der Waals surface area contributed by atoms with E-state index in [1.165, 1.54) is 22.6 Å². The average Bonchev–Trinajstić information content (AvgIpc) is 1.78. The van der Waals surface area contributed by atoms with Gasteiger partial charge in [0, 0.05) is 9.26 Å². The summed E-state index contributed by atoms with van der Waals surface area (Å²) in [4.78, 5) is 0. The molecule has 0 aromatic heterocycles. The molecule has 0 bridgehead atoms. The Hall–Kier alpha value is -0.530. The van der Waals surface area contributed by atoms with Gasteiger partial charge in [-0.1, -0.05) is 0 Å². The number of hydrogen-bond donors (Lipinski definition) is 1. The lowest BCUT2D eigenvalue weighted by atomic mass is 10.2. The van der Waals surface area contributed by atoms with E-state index in [1.54, 1.807) is 0 Å². The number of halogens is 5. The molecular weight excluding hydrogens is 301 g/mol. The van der Waals surface area contributed by atoms with Gasteiger partial charge < -0.3 is 5.73 Å². The zero-order chi connectivity index (χ0) is 10.2. The van der Waals surface area contributed by atoms with Gasteiger partial charge in [-0.15, -0.1) is 0 Å². The van der Waals surface area contributed by atoms with Crippen molar-refractivity contribution in [1.82, 2.24) is 0 Å². The molecule has 1 nitrogen and oxygen atoms in total. The van der Waals surface area contributed by atoms with Crippen LogP contribution in [-0.2, 0) is 6.18 Å². The SMILES string of the molecule is Nc1cc(F)cc(I)c1C(F)(F)F. The quantitative estimate of drug-likeness (QED) is 0.445. The molecule has 0 saturated carbocycles. The lowest BCUT2D eigenvalue weighted by Crippen LogP contribution is -2.11. The molecular formula is C7H4F4IN. The highest BCUT2D eigenvalue weighted by atomic mass is 127. The molecule has 72 valence electrons. The molecule has 1 aromatic carbocycles. The van der Waals surface area contributed by atoms with E-state index in [-0.39, 0.29) is 3.57 Å². The number of nitrogens with two attached hydrogens (primary N) is 1. The Morgan fingerprint density at radius 3 is 2.15 bits per heavy atom. The Morgan fingerprint density at radius 1 is 1.23 bits per heavy atom. The average molecular weight is 305 g/mol. The van der Waals surface area contributed by atoms with E-state index in [4.69, 9.17) is 5.73 Å². The first-order valence-electron chi connectivity index (χ1n) is 3.14. The minimum Gasteiger partial charge on any atom is -0.398 e. The molecule has 0 atom stereocenters. The van der Waals surface area contributed by atoms with Gasteiger partial charge in [0.1, 0.15) is 5.82 Å². The third-order valence-electron chi connectivity index (χ3n) is 1.37. The van der Waals surface area contributed by atoms with Gasteiger partial charge >= 0.3 is 6.18 Å². The Labute approximate surface area is 85.1 Å². The third-order valence-corrected chi connectivity index (χ3v) is 2.22. The first-order chi connectivity index (χ1) is 5.82. The minimum atomic E-state index is -4.53. The maximum absolute atomic E-state index is 12.5. The van der Waals surface area contributed by atoms with Gasteiger partial charge in [0.05, 0.1) is 5.56 Å². The second-order valence-electron chi connectivity index (χ2n) is 2.35. The maximum atomic E-state index is 12.5. The van der Waals surface area contributed by atoms with Gasteiger partial charge in [-0.05, 0) is 34.7 Å². The van der Waals surface area contributed by atoms with E-state index < -0.39 is 23.2 Å². The van der Waals surface area contributed by atoms with Crippen molar-refractivity contribution in [3.63, 3.8) is 0 Å². The summed E-state index contributed by atoms with van der Waals surface area (Å²) >= 11 is 1.40. The molecule has 1 rings (SSSR count). The highest BCUT2D eigenvalue weighted by Gasteiger charge is 2.35. The summed E-state index contributed by atoms with van der Waals surface area (Å²) in [6.45, 7) is 0. The molecule has 0 spiro atoms. The maximum Gasteiger partial charge on any atom is 0.419 e. The van der Waals surface area contributed by atoms with Crippen LogP contribution in [0.2, 0.25) is 0 Å². The summed E-state index contributed by atoms with van der Waals surface area (Å²) in [5, 5.41) is 0. The van der Waals surface area contributed by atoms with E-state index in [0.717, 1.165) is 6.07 Å². The van der Waals surface area contributed by atoms with Crippen LogP contribution in [0, 0.1) is 9.39 Å². The molecule has 1 aromatic rings. The Kier molecular flexibility index (Phi) is 2.69. The van der Waals surface area contributed by atoms with Crippen molar-refractivity contribution >= 4 is 28.3 Å². The standard InChI is InChI=1S/C7H4F4IN/c8-3-1-4(12)6(5(13)2-3)7(9,10)11/h1-2H,13H2. The van der Waals surface area contributed by atoms with Crippen LogP contribution < -0.4 is 5.73 Å². The Morgan fingerprint density at radius 2 is 1.77 bits per heavy atom. The summed E-state index contributed by atoms with van der Waals surface area (Å²) in [7, 11) is 0. The van der Waals surface area contributed by atoms with Gasteiger partial charge in [0.15, 0.2) is 0 Å². The predicted octanol–water partition coefficient (Wildman–Crippen LogP) is 3.03. The molecule has 0 unspecified atom stereocenters. The second-order valence-corrected chi connectivity index (χ2v) is 3.51. The highest BCUT2D eigenvalue weighted by Crippen LogP contribution is 2.37. The minimum absolute atomic E-state index is 0.234. The van der Waals surface area contributed by atoms with E-state index >= 15 is 0 Å². The molecule has 2 N–H and O–H groups in total. The fourth-order valence-electron chi connectivity index (χ4n) is 0.893. The number of hydrogen-bond acceptors (Lipinski definition) is 1. The molecule has 0 fully saturated rings. The lowest BCUT2D eigenvalue weighted by molar-refractivity contribution is -0.137. The van der Waals surface area contributed by atoms with Crippen molar-refractivity contribution in [2.24, 2.45) is 0 Å². The van der Waals surface area contributed by atoms with E-state index in [2.05, 4.69) is 0 Å². The van der Waals surface area contributed by atoms with Crippen molar-refractivity contribution in [2.75, 3.05) is 5.73 Å². The lowest BCUT2D eigenvalue weighted by Gasteiger charge is -2.11. The Balaban J connectivity index is 3.38. The number of anilines is 1. The smallest absolute Gasteiger partial charge is 0.398 e. The van der Waals surface area contributed by atoms with Gasteiger partial charge in [-0.3, -0.25) is 0 Å². The monoisotopic (exact) mass is 305 g/mol. The molecule has 0 amide bonds. The summed E-state index contributed by atoms with van der Waals surface area (Å²) in [6.07, 6.45) is -4.53. The normalized spacial score (nSPS) is 11.8. The van der Waals surface area contributed by atoms with E-state index in [1.807, 2.05) is 0 Å². The molecule has 0 heterocycles. The molecule has 6 heteroatoms. The van der Waals surface area contributed by atoms with Crippen LogP contribution in [0.25, 0.3) is 0 Å². The van der Waals surface area contributed by atoms with E-state index in [9.17, 15) is 17.6 Å². The second kappa shape index (κ2) is 3.32. The molecule has 0 saturated heterocycles. The number of alkyl halides is 3. The first-order valence-corrected chi connectivity index (χ1v) is 4.22. The van der Waals surface area contributed by atoms with Crippen LogP contribution in [0.1, 0.15) is 5.56 Å². The molecule has 0 aliphatic heterocycles. The van der Waals surface area contributed by atoms with Gasteiger partial charge in [0.2, 0.25) is 0 Å². The van der Waals surface area contributed by atoms with E-state index in [0.29, 0.717) is 6.07 Å². The topological polar surface area (TPSA) is 26.0 Å². The third kappa shape index (κ3) is 2.23. The van der Waals surface area contributed by atoms with Gasteiger partial charge in [-0.2, -0.15) is 13.2 Å². The molecule has 0 aliphatic carbocycles. The number of benzene rings is 1. The van der Waals surface area contributed by atoms with Crippen LogP contribution >= 0.6 is 22.6 Å². The summed E-state index contributed by atoms with van der Waals surface area (Å²) < 4.78 is 49.0. The summed E-state index contributed by atoms with van der Waals surface area (Å²) in [6, 6.07) is 1.45. The van der Waals surface area contributed by atoms with Crippen LogP contribution in [0.3, 0.4) is 0 Å². The number of nitrogen functional groups attached to an aromatic ring is 1. The van der Waals surface area contributed by atoms with Crippen molar-refractivity contribution in [3.8, 4) is 0 Å². The van der Waals surface area contributed by atoms with Crippen LogP contribution in [-0.4, -0.2) is 0 Å². The fraction of sp³-hybridized carbons (Fsp3) is 0.143. The molecule has 13 heavy (non-hydrogen) atoms. The zero-order valence-corrected chi connectivity index (χ0v) is 8.28. The summed E-state index contributed by atoms with van der Waals surface area (Å²) in [5.41, 5.74) is 3.48. The molecule has 0 aliphatic rings. The van der Waals surface area contributed by atoms with Gasteiger partial charge in [0.25, 0.3) is 0 Å². The van der Waals surface area contributed by atoms with Crippen molar-refractivity contribution < 1.29 is 17.6 Å². The van der Waals surface area contributed by atoms with Crippen LogP contribution in [0.4, 0.5) is 23.2 Å². The van der Waals surface area contributed by atoms with Gasteiger partial charge in [-0.25, -0.2) is 4.39 Å². The molecule has 0 radical (unpaired) electrons. The van der Waals surface area contributed by atoms with Crippen molar-refractivity contribution in [1.29, 1.82) is 0 Å². The first kappa shape index (κ1) is 10.6. The number of rotatable bonds is 0.